The number of benzene rings is 1. The summed E-state index contributed by atoms with van der Waals surface area (Å²) in [7, 11) is 1.48. The summed E-state index contributed by atoms with van der Waals surface area (Å²) in [5.41, 5.74) is 0.185. The Bertz CT molecular complexity index is 915. The van der Waals surface area contributed by atoms with Crippen molar-refractivity contribution in [2.75, 3.05) is 18.9 Å². The molecule has 0 saturated carbocycles. The number of hydrogen-bond acceptors (Lipinski definition) is 3. The average molecular weight is 398 g/mol. The van der Waals surface area contributed by atoms with Crippen molar-refractivity contribution in [1.29, 1.82) is 0 Å². The zero-order valence-corrected chi connectivity index (χ0v) is 15.1. The normalized spacial score (nSPS) is 19.5. The van der Waals surface area contributed by atoms with E-state index in [0.717, 1.165) is 12.1 Å². The number of hydrogen-bond donors (Lipinski definition) is 1. The van der Waals surface area contributed by atoms with Crippen LogP contribution in [0.3, 0.4) is 0 Å². The van der Waals surface area contributed by atoms with E-state index < -0.39 is 41.8 Å². The van der Waals surface area contributed by atoms with Gasteiger partial charge < -0.3 is 10.2 Å². The fourth-order valence-corrected chi connectivity index (χ4v) is 3.33. The van der Waals surface area contributed by atoms with Crippen molar-refractivity contribution in [2.24, 2.45) is 5.92 Å². The molecule has 0 bridgehead atoms. The van der Waals surface area contributed by atoms with Gasteiger partial charge in [0.25, 0.3) is 0 Å². The Labute approximate surface area is 158 Å². The number of halogens is 4. The van der Waals surface area contributed by atoms with Crippen molar-refractivity contribution in [1.82, 2.24) is 14.7 Å². The molecule has 2 unspecified atom stereocenters. The first-order valence-electron chi connectivity index (χ1n) is 8.60. The molecule has 28 heavy (non-hydrogen) atoms. The minimum Gasteiger partial charge on any atom is -0.344 e. The Morgan fingerprint density at radius 2 is 2.04 bits per heavy atom. The topological polar surface area (TPSA) is 67.2 Å². The highest BCUT2D eigenvalue weighted by molar-refractivity contribution is 6.08. The van der Waals surface area contributed by atoms with Crippen LogP contribution in [-0.2, 0) is 16.0 Å². The van der Waals surface area contributed by atoms with Gasteiger partial charge in [0, 0.05) is 31.3 Å². The third kappa shape index (κ3) is 3.58. The second kappa shape index (κ2) is 7.61. The van der Waals surface area contributed by atoms with Crippen LogP contribution in [0.4, 0.5) is 23.2 Å². The Morgan fingerprint density at radius 3 is 2.61 bits per heavy atom. The summed E-state index contributed by atoms with van der Waals surface area (Å²) in [4.78, 5) is 26.5. The molecule has 1 aromatic heterocycles. The van der Waals surface area contributed by atoms with Crippen molar-refractivity contribution in [2.45, 2.75) is 25.8 Å². The molecular formula is C18H18F4N4O2. The first-order chi connectivity index (χ1) is 13.2. The first-order valence-corrected chi connectivity index (χ1v) is 8.60. The molecule has 2 amide bonds. The van der Waals surface area contributed by atoms with E-state index in [1.165, 1.54) is 18.0 Å². The Kier molecular flexibility index (Phi) is 5.39. The van der Waals surface area contributed by atoms with Crippen molar-refractivity contribution >= 4 is 17.5 Å². The number of alkyl halides is 2. The molecule has 2 atom stereocenters. The SMILES string of the molecule is CCc1cc(C2CN(C)C(=O)C2C(=O)Nc2ccc(F)cc2F)nn1C(F)F. The van der Waals surface area contributed by atoms with E-state index in [9.17, 15) is 27.2 Å². The van der Waals surface area contributed by atoms with Crippen LogP contribution in [0, 0.1) is 17.6 Å². The largest absolute Gasteiger partial charge is 0.344 e. The number of rotatable bonds is 5. The van der Waals surface area contributed by atoms with Gasteiger partial charge in [-0.15, -0.1) is 0 Å². The van der Waals surface area contributed by atoms with Crippen molar-refractivity contribution in [3.05, 3.63) is 47.3 Å². The summed E-state index contributed by atoms with van der Waals surface area (Å²) in [5, 5.41) is 6.16. The third-order valence-corrected chi connectivity index (χ3v) is 4.75. The summed E-state index contributed by atoms with van der Waals surface area (Å²) < 4.78 is 53.8. The lowest BCUT2D eigenvalue weighted by Crippen LogP contribution is -2.33. The van der Waals surface area contributed by atoms with Gasteiger partial charge in [-0.2, -0.15) is 13.9 Å². The molecule has 1 saturated heterocycles. The van der Waals surface area contributed by atoms with Gasteiger partial charge in [-0.1, -0.05) is 6.92 Å². The minimum absolute atomic E-state index is 0.103. The molecule has 1 fully saturated rings. The highest BCUT2D eigenvalue weighted by Gasteiger charge is 2.45. The van der Waals surface area contributed by atoms with E-state index in [1.54, 1.807) is 6.92 Å². The van der Waals surface area contributed by atoms with E-state index in [0.29, 0.717) is 17.2 Å². The quantitative estimate of drug-likeness (QED) is 0.622. The lowest BCUT2D eigenvalue weighted by atomic mass is 9.91. The van der Waals surface area contributed by atoms with Crippen LogP contribution in [0.1, 0.15) is 30.8 Å². The number of anilines is 1. The van der Waals surface area contributed by atoms with E-state index in [4.69, 9.17) is 0 Å². The third-order valence-electron chi connectivity index (χ3n) is 4.75. The number of nitrogens with one attached hydrogen (secondary N) is 1. The summed E-state index contributed by atoms with van der Waals surface area (Å²) in [6, 6.07) is 4.06. The van der Waals surface area contributed by atoms with E-state index in [-0.39, 0.29) is 23.6 Å². The predicted octanol–water partition coefficient (Wildman–Crippen LogP) is 2.93. The number of likely N-dealkylation sites (N-methyl/N-ethyl adjacent to an activating group) is 1. The number of nitrogens with zero attached hydrogens (tertiary/aromatic N) is 3. The smallest absolute Gasteiger partial charge is 0.333 e. The second-order valence-electron chi connectivity index (χ2n) is 6.55. The Morgan fingerprint density at radius 1 is 1.32 bits per heavy atom. The maximum atomic E-state index is 13.8. The van der Waals surface area contributed by atoms with Crippen molar-refractivity contribution < 1.29 is 27.2 Å². The fourth-order valence-electron chi connectivity index (χ4n) is 3.33. The van der Waals surface area contributed by atoms with Gasteiger partial charge in [0.2, 0.25) is 11.8 Å². The fraction of sp³-hybridized carbons (Fsp3) is 0.389. The molecule has 0 aliphatic carbocycles. The average Bonchev–Trinajstić information content (AvgIpc) is 3.19. The van der Waals surface area contributed by atoms with Crippen LogP contribution >= 0.6 is 0 Å². The number of aryl methyl sites for hydroxylation is 1. The molecule has 1 aliphatic rings. The molecule has 6 nitrogen and oxygen atoms in total. The molecule has 3 rings (SSSR count). The number of carbonyl (C=O) groups excluding carboxylic acids is 2. The van der Waals surface area contributed by atoms with Crippen LogP contribution in [-0.4, -0.2) is 40.1 Å². The number of likely N-dealkylation sites (tertiary alicyclic amines) is 1. The van der Waals surface area contributed by atoms with Crippen molar-refractivity contribution in [3.63, 3.8) is 0 Å². The molecule has 1 aromatic carbocycles. The zero-order valence-electron chi connectivity index (χ0n) is 15.1. The van der Waals surface area contributed by atoms with Gasteiger partial charge in [-0.25, -0.2) is 13.5 Å². The summed E-state index contributed by atoms with van der Waals surface area (Å²) in [6.45, 7) is -1.06. The van der Waals surface area contributed by atoms with Gasteiger partial charge in [-0.3, -0.25) is 9.59 Å². The molecular weight excluding hydrogens is 380 g/mol. The lowest BCUT2D eigenvalue weighted by molar-refractivity contribution is -0.135. The van der Waals surface area contributed by atoms with Crippen LogP contribution in [0.15, 0.2) is 24.3 Å². The van der Waals surface area contributed by atoms with E-state index in [2.05, 4.69) is 10.4 Å². The van der Waals surface area contributed by atoms with Crippen LogP contribution < -0.4 is 5.32 Å². The molecule has 1 aliphatic heterocycles. The van der Waals surface area contributed by atoms with Crippen LogP contribution in [0.2, 0.25) is 0 Å². The van der Waals surface area contributed by atoms with Gasteiger partial charge in [-0.05, 0) is 24.6 Å². The van der Waals surface area contributed by atoms with Gasteiger partial charge in [0.15, 0.2) is 0 Å². The maximum absolute atomic E-state index is 13.8. The number of carbonyl (C=O) groups is 2. The summed E-state index contributed by atoms with van der Waals surface area (Å²) in [6.07, 6.45) is 0.297. The first kappa shape index (κ1) is 19.8. The minimum atomic E-state index is -2.85. The standard InChI is InChI=1S/C18H18F4N4O2/c1-3-10-7-14(24-26(10)18(21)22)11-8-25(2)17(28)15(11)16(27)23-13-5-4-9(19)6-12(13)20/h4-7,11,15,18H,3,8H2,1-2H3,(H,23,27). The number of amides is 2. The molecule has 2 heterocycles. The lowest BCUT2D eigenvalue weighted by Gasteiger charge is -2.15. The predicted molar refractivity (Wildman–Crippen MR) is 91.7 cm³/mol. The molecule has 0 radical (unpaired) electrons. The summed E-state index contributed by atoms with van der Waals surface area (Å²) in [5.74, 6) is -5.18. The monoisotopic (exact) mass is 398 g/mol. The van der Waals surface area contributed by atoms with Crippen LogP contribution in [0.25, 0.3) is 0 Å². The zero-order chi connectivity index (χ0) is 20.6. The molecule has 2 aromatic rings. The molecule has 1 N–H and O–H groups in total. The van der Waals surface area contributed by atoms with Crippen LogP contribution in [0.5, 0.6) is 0 Å². The number of aromatic nitrogens is 2. The van der Waals surface area contributed by atoms with E-state index in [1.807, 2.05) is 0 Å². The van der Waals surface area contributed by atoms with Gasteiger partial charge in [0.05, 0.1) is 11.4 Å². The van der Waals surface area contributed by atoms with Crippen molar-refractivity contribution in [3.8, 4) is 0 Å². The molecule has 10 heteroatoms. The van der Waals surface area contributed by atoms with Gasteiger partial charge >= 0.3 is 6.55 Å². The Balaban J connectivity index is 1.91. The summed E-state index contributed by atoms with van der Waals surface area (Å²) >= 11 is 0. The second-order valence-corrected chi connectivity index (χ2v) is 6.55. The maximum Gasteiger partial charge on any atom is 0.333 e. The molecule has 0 spiro atoms. The molecule has 150 valence electrons. The Hall–Kier alpha value is -2.91. The highest BCUT2D eigenvalue weighted by atomic mass is 19.3. The van der Waals surface area contributed by atoms with Gasteiger partial charge in [0.1, 0.15) is 17.6 Å². The van der Waals surface area contributed by atoms with E-state index >= 15 is 0 Å². The highest BCUT2D eigenvalue weighted by Crippen LogP contribution is 2.34.